The first-order chi connectivity index (χ1) is 8.13. The summed E-state index contributed by atoms with van der Waals surface area (Å²) in [4.78, 5) is 11.2. The standard InChI is InChI=1S/C12H15N3O2/c1-3-9(12(14)16)15-11-8(7-13)5-4-6-10(11)17-2/h4-6,9,15H,3H2,1-2H3,(H2,14,16). The van der Waals surface area contributed by atoms with Gasteiger partial charge in [-0.05, 0) is 18.6 Å². The molecule has 0 radical (unpaired) electrons. The smallest absolute Gasteiger partial charge is 0.239 e. The molecule has 0 aliphatic heterocycles. The lowest BCUT2D eigenvalue weighted by atomic mass is 10.1. The van der Waals surface area contributed by atoms with Crippen molar-refractivity contribution in [3.63, 3.8) is 0 Å². The van der Waals surface area contributed by atoms with Crippen molar-refractivity contribution in [1.29, 1.82) is 5.26 Å². The molecule has 5 nitrogen and oxygen atoms in total. The Hall–Kier alpha value is -2.22. The van der Waals surface area contributed by atoms with Gasteiger partial charge in [0.2, 0.25) is 5.91 Å². The summed E-state index contributed by atoms with van der Waals surface area (Å²) in [5.74, 6) is 0.0612. The zero-order valence-corrected chi connectivity index (χ0v) is 9.86. The Labute approximate surface area is 100 Å². The lowest BCUT2D eigenvalue weighted by molar-refractivity contribution is -0.118. The van der Waals surface area contributed by atoms with E-state index in [0.717, 1.165) is 0 Å². The lowest BCUT2D eigenvalue weighted by Gasteiger charge is -2.18. The highest BCUT2D eigenvalue weighted by Gasteiger charge is 2.17. The number of nitrogens with zero attached hydrogens (tertiary/aromatic N) is 1. The number of carbonyl (C=O) groups is 1. The van der Waals surface area contributed by atoms with Crippen molar-refractivity contribution in [3.8, 4) is 11.8 Å². The number of ether oxygens (including phenoxy) is 1. The first-order valence-electron chi connectivity index (χ1n) is 5.27. The van der Waals surface area contributed by atoms with E-state index in [4.69, 9.17) is 15.7 Å². The molecule has 0 spiro atoms. The second-order valence-corrected chi connectivity index (χ2v) is 3.50. The van der Waals surface area contributed by atoms with Crippen LogP contribution in [0, 0.1) is 11.3 Å². The quantitative estimate of drug-likeness (QED) is 0.800. The summed E-state index contributed by atoms with van der Waals surface area (Å²) in [7, 11) is 1.51. The first-order valence-corrected chi connectivity index (χ1v) is 5.27. The van der Waals surface area contributed by atoms with Gasteiger partial charge in [-0.25, -0.2) is 0 Å². The van der Waals surface area contributed by atoms with E-state index in [1.807, 2.05) is 13.0 Å². The molecular formula is C12H15N3O2. The molecule has 0 aliphatic carbocycles. The van der Waals surface area contributed by atoms with E-state index in [9.17, 15) is 4.79 Å². The number of amides is 1. The van der Waals surface area contributed by atoms with Crippen LogP contribution in [0.5, 0.6) is 5.75 Å². The van der Waals surface area contributed by atoms with Gasteiger partial charge in [-0.15, -0.1) is 0 Å². The Morgan fingerprint density at radius 1 is 1.65 bits per heavy atom. The number of hydrogen-bond acceptors (Lipinski definition) is 4. The molecule has 90 valence electrons. The molecule has 3 N–H and O–H groups in total. The highest BCUT2D eigenvalue weighted by atomic mass is 16.5. The molecule has 1 amide bonds. The molecule has 1 aromatic rings. The summed E-state index contributed by atoms with van der Waals surface area (Å²) < 4.78 is 5.15. The largest absolute Gasteiger partial charge is 0.495 e. The Bertz CT molecular complexity index is 452. The number of benzene rings is 1. The highest BCUT2D eigenvalue weighted by molar-refractivity contribution is 5.84. The highest BCUT2D eigenvalue weighted by Crippen LogP contribution is 2.28. The molecule has 5 heteroatoms. The Balaban J connectivity index is 3.11. The van der Waals surface area contributed by atoms with Crippen molar-refractivity contribution >= 4 is 11.6 Å². The van der Waals surface area contributed by atoms with Crippen LogP contribution in [0.3, 0.4) is 0 Å². The lowest BCUT2D eigenvalue weighted by Crippen LogP contribution is -2.35. The van der Waals surface area contributed by atoms with Crippen LogP contribution in [0.25, 0.3) is 0 Å². The number of nitrogens with two attached hydrogens (primary N) is 1. The van der Waals surface area contributed by atoms with E-state index in [2.05, 4.69) is 5.32 Å². The predicted molar refractivity (Wildman–Crippen MR) is 64.6 cm³/mol. The molecule has 1 rings (SSSR count). The van der Waals surface area contributed by atoms with Gasteiger partial charge in [0.25, 0.3) is 0 Å². The van der Waals surface area contributed by atoms with E-state index >= 15 is 0 Å². The summed E-state index contributed by atoms with van der Waals surface area (Å²) in [5, 5.41) is 11.9. The fourth-order valence-corrected chi connectivity index (χ4v) is 1.49. The Kier molecular flexibility index (Phi) is 4.35. The molecule has 0 saturated heterocycles. The summed E-state index contributed by atoms with van der Waals surface area (Å²) >= 11 is 0. The number of carbonyl (C=O) groups excluding carboxylic acids is 1. The second-order valence-electron chi connectivity index (χ2n) is 3.50. The van der Waals surface area contributed by atoms with Crippen molar-refractivity contribution < 1.29 is 9.53 Å². The number of nitrogens with one attached hydrogen (secondary N) is 1. The molecule has 0 heterocycles. The minimum atomic E-state index is -0.515. The van der Waals surface area contributed by atoms with Crippen LogP contribution >= 0.6 is 0 Å². The Morgan fingerprint density at radius 3 is 2.82 bits per heavy atom. The van der Waals surface area contributed by atoms with Gasteiger partial charge in [-0.2, -0.15) is 5.26 Å². The van der Waals surface area contributed by atoms with Crippen molar-refractivity contribution in [2.24, 2.45) is 5.73 Å². The van der Waals surface area contributed by atoms with Crippen molar-refractivity contribution in [2.75, 3.05) is 12.4 Å². The number of nitriles is 1. The van der Waals surface area contributed by atoms with E-state index in [1.54, 1.807) is 18.2 Å². The molecule has 0 aliphatic rings. The van der Waals surface area contributed by atoms with Crippen LogP contribution in [0.1, 0.15) is 18.9 Å². The van der Waals surface area contributed by atoms with Crippen molar-refractivity contribution in [2.45, 2.75) is 19.4 Å². The normalized spacial score (nSPS) is 11.4. The number of para-hydroxylation sites is 1. The molecular weight excluding hydrogens is 218 g/mol. The van der Waals surface area contributed by atoms with Crippen molar-refractivity contribution in [3.05, 3.63) is 23.8 Å². The summed E-state index contributed by atoms with van der Waals surface area (Å²) in [6.45, 7) is 1.84. The maximum Gasteiger partial charge on any atom is 0.239 e. The first kappa shape index (κ1) is 12.8. The van der Waals surface area contributed by atoms with Gasteiger partial charge in [0.05, 0.1) is 18.4 Å². The molecule has 1 atom stereocenters. The molecule has 0 aromatic heterocycles. The van der Waals surface area contributed by atoms with Gasteiger partial charge in [-0.3, -0.25) is 4.79 Å². The number of methoxy groups -OCH3 is 1. The molecule has 1 aromatic carbocycles. The summed E-state index contributed by atoms with van der Waals surface area (Å²) in [5.41, 5.74) is 6.18. The minimum absolute atomic E-state index is 0.420. The van der Waals surface area contributed by atoms with E-state index < -0.39 is 11.9 Å². The fraction of sp³-hybridized carbons (Fsp3) is 0.333. The van der Waals surface area contributed by atoms with Gasteiger partial charge < -0.3 is 15.8 Å². The third kappa shape index (κ3) is 2.88. The van der Waals surface area contributed by atoms with E-state index in [1.165, 1.54) is 7.11 Å². The fourth-order valence-electron chi connectivity index (χ4n) is 1.49. The maximum absolute atomic E-state index is 11.2. The van der Waals surface area contributed by atoms with Gasteiger partial charge in [0.1, 0.15) is 17.9 Å². The second kappa shape index (κ2) is 5.75. The third-order valence-corrected chi connectivity index (χ3v) is 2.44. The summed E-state index contributed by atoms with van der Waals surface area (Å²) in [6, 6.07) is 6.62. The number of rotatable bonds is 5. The molecule has 1 unspecified atom stereocenters. The van der Waals surface area contributed by atoms with Gasteiger partial charge in [-0.1, -0.05) is 13.0 Å². The van der Waals surface area contributed by atoms with Crippen LogP contribution in [0.4, 0.5) is 5.69 Å². The molecule has 0 saturated carbocycles. The van der Waals surface area contributed by atoms with Gasteiger partial charge in [0, 0.05) is 0 Å². The van der Waals surface area contributed by atoms with E-state index in [0.29, 0.717) is 23.4 Å². The Morgan fingerprint density at radius 2 is 2.35 bits per heavy atom. The number of anilines is 1. The topological polar surface area (TPSA) is 88.1 Å². The van der Waals surface area contributed by atoms with Crippen LogP contribution in [-0.4, -0.2) is 19.1 Å². The van der Waals surface area contributed by atoms with Crippen LogP contribution in [0.15, 0.2) is 18.2 Å². The summed E-state index contributed by atoms with van der Waals surface area (Å²) in [6.07, 6.45) is 0.540. The average molecular weight is 233 g/mol. The molecule has 17 heavy (non-hydrogen) atoms. The average Bonchev–Trinajstić information content (AvgIpc) is 2.35. The zero-order valence-electron chi connectivity index (χ0n) is 9.86. The third-order valence-electron chi connectivity index (χ3n) is 2.44. The van der Waals surface area contributed by atoms with Gasteiger partial charge >= 0.3 is 0 Å². The maximum atomic E-state index is 11.2. The predicted octanol–water partition coefficient (Wildman–Crippen LogP) is 1.24. The SMILES string of the molecule is CCC(Nc1c(C#N)cccc1OC)C(N)=O. The monoisotopic (exact) mass is 233 g/mol. The van der Waals surface area contributed by atoms with E-state index in [-0.39, 0.29) is 0 Å². The van der Waals surface area contributed by atoms with Crippen LogP contribution in [-0.2, 0) is 4.79 Å². The van der Waals surface area contributed by atoms with Crippen LogP contribution in [0.2, 0.25) is 0 Å². The van der Waals surface area contributed by atoms with Gasteiger partial charge in [0.15, 0.2) is 0 Å². The number of hydrogen-bond donors (Lipinski definition) is 2. The molecule has 0 fully saturated rings. The number of primary amides is 1. The zero-order chi connectivity index (χ0) is 12.8. The van der Waals surface area contributed by atoms with Crippen LogP contribution < -0.4 is 15.8 Å². The molecule has 0 bridgehead atoms. The van der Waals surface area contributed by atoms with Crippen molar-refractivity contribution in [1.82, 2.24) is 0 Å². The minimum Gasteiger partial charge on any atom is -0.495 e.